The highest BCUT2D eigenvalue weighted by atomic mass is 32.2. The molecule has 25 heavy (non-hydrogen) atoms. The number of methoxy groups -OCH3 is 1. The lowest BCUT2D eigenvalue weighted by atomic mass is 10.1. The average Bonchev–Trinajstić information content (AvgIpc) is 3.08. The van der Waals surface area contributed by atoms with Gasteiger partial charge >= 0.3 is 0 Å². The van der Waals surface area contributed by atoms with Crippen molar-refractivity contribution in [3.63, 3.8) is 0 Å². The molecule has 0 spiro atoms. The van der Waals surface area contributed by atoms with Crippen LogP contribution in [0.3, 0.4) is 0 Å². The zero-order chi connectivity index (χ0) is 17.6. The third-order valence-corrected chi connectivity index (χ3v) is 4.65. The summed E-state index contributed by atoms with van der Waals surface area (Å²) in [7, 11) is 1.64. The molecular formula is C18H18N4O2S. The standard InChI is InChI=1S/C18H18N4O2S/c1-13-3-7-15(8-4-13)17(23)12-25-18-19-20-21-22(18)11-14-5-9-16(24-2)10-6-14/h3-10H,11-12H2,1-2H3. The van der Waals surface area contributed by atoms with Gasteiger partial charge in [0.1, 0.15) is 5.75 Å². The lowest BCUT2D eigenvalue weighted by Crippen LogP contribution is -2.07. The van der Waals surface area contributed by atoms with Gasteiger partial charge in [-0.05, 0) is 35.0 Å². The van der Waals surface area contributed by atoms with Crippen molar-refractivity contribution in [1.29, 1.82) is 0 Å². The van der Waals surface area contributed by atoms with E-state index in [2.05, 4.69) is 15.5 Å². The largest absolute Gasteiger partial charge is 0.497 e. The Morgan fingerprint density at radius 3 is 2.52 bits per heavy atom. The molecule has 0 aliphatic carbocycles. The van der Waals surface area contributed by atoms with Crippen LogP contribution >= 0.6 is 11.8 Å². The van der Waals surface area contributed by atoms with Crippen molar-refractivity contribution in [1.82, 2.24) is 20.2 Å². The molecule has 2 aromatic carbocycles. The van der Waals surface area contributed by atoms with Crippen LogP contribution in [0.4, 0.5) is 0 Å². The zero-order valence-corrected chi connectivity index (χ0v) is 14.9. The van der Waals surface area contributed by atoms with Crippen LogP contribution in [0.2, 0.25) is 0 Å². The molecule has 0 aliphatic heterocycles. The molecule has 1 aromatic heterocycles. The fourth-order valence-corrected chi connectivity index (χ4v) is 3.03. The first-order valence-corrected chi connectivity index (χ1v) is 8.76. The highest BCUT2D eigenvalue weighted by Crippen LogP contribution is 2.18. The highest BCUT2D eigenvalue weighted by Gasteiger charge is 2.12. The number of carbonyl (C=O) groups is 1. The van der Waals surface area contributed by atoms with Crippen LogP contribution in [0.15, 0.2) is 53.7 Å². The van der Waals surface area contributed by atoms with Crippen LogP contribution in [-0.2, 0) is 6.54 Å². The lowest BCUT2D eigenvalue weighted by molar-refractivity contribution is 0.102. The number of ketones is 1. The Morgan fingerprint density at radius 2 is 1.84 bits per heavy atom. The van der Waals surface area contributed by atoms with Crippen molar-refractivity contribution >= 4 is 17.5 Å². The fourth-order valence-electron chi connectivity index (χ4n) is 2.26. The molecule has 7 heteroatoms. The van der Waals surface area contributed by atoms with Crippen LogP contribution in [0.1, 0.15) is 21.5 Å². The average molecular weight is 354 g/mol. The second-order valence-electron chi connectivity index (χ2n) is 5.55. The van der Waals surface area contributed by atoms with Gasteiger partial charge in [0.05, 0.1) is 19.4 Å². The molecule has 1 heterocycles. The van der Waals surface area contributed by atoms with Gasteiger partial charge in [-0.15, -0.1) is 5.10 Å². The molecule has 0 bridgehead atoms. The Labute approximate surface area is 150 Å². The molecule has 0 amide bonds. The van der Waals surface area contributed by atoms with E-state index in [0.29, 0.717) is 23.0 Å². The molecule has 0 saturated heterocycles. The Bertz CT molecular complexity index is 844. The SMILES string of the molecule is COc1ccc(Cn2nnnc2SCC(=O)c2ccc(C)cc2)cc1. The van der Waals surface area contributed by atoms with Crippen molar-refractivity contribution in [2.45, 2.75) is 18.6 Å². The number of benzene rings is 2. The fraction of sp³-hybridized carbons (Fsp3) is 0.222. The number of aryl methyl sites for hydroxylation is 1. The van der Waals surface area contributed by atoms with Crippen LogP contribution in [0.25, 0.3) is 0 Å². The molecule has 0 unspecified atom stereocenters. The van der Waals surface area contributed by atoms with Crippen molar-refractivity contribution in [2.24, 2.45) is 0 Å². The number of tetrazole rings is 1. The number of aromatic nitrogens is 4. The Morgan fingerprint density at radius 1 is 1.12 bits per heavy atom. The molecule has 128 valence electrons. The predicted octanol–water partition coefficient (Wildman–Crippen LogP) is 3.01. The number of ether oxygens (including phenoxy) is 1. The zero-order valence-electron chi connectivity index (χ0n) is 14.0. The van der Waals surface area contributed by atoms with Gasteiger partial charge in [0.15, 0.2) is 5.78 Å². The quantitative estimate of drug-likeness (QED) is 0.480. The molecule has 0 atom stereocenters. The van der Waals surface area contributed by atoms with E-state index in [1.54, 1.807) is 11.8 Å². The smallest absolute Gasteiger partial charge is 0.210 e. The van der Waals surface area contributed by atoms with Crippen LogP contribution in [-0.4, -0.2) is 38.9 Å². The van der Waals surface area contributed by atoms with Gasteiger partial charge in [-0.1, -0.05) is 53.7 Å². The topological polar surface area (TPSA) is 69.9 Å². The number of rotatable bonds is 7. The third kappa shape index (κ3) is 4.45. The number of hydrogen-bond acceptors (Lipinski definition) is 6. The van der Waals surface area contributed by atoms with Gasteiger partial charge in [-0.2, -0.15) is 0 Å². The van der Waals surface area contributed by atoms with E-state index < -0.39 is 0 Å². The summed E-state index contributed by atoms with van der Waals surface area (Å²) in [4.78, 5) is 12.3. The first-order chi connectivity index (χ1) is 12.2. The van der Waals surface area contributed by atoms with Gasteiger partial charge in [-0.25, -0.2) is 4.68 Å². The first-order valence-electron chi connectivity index (χ1n) is 7.77. The number of Topliss-reactive ketones (excluding diaryl/α,β-unsaturated/α-hetero) is 1. The van der Waals surface area contributed by atoms with Gasteiger partial charge < -0.3 is 4.74 Å². The molecule has 3 aromatic rings. The summed E-state index contributed by atoms with van der Waals surface area (Å²) in [6, 6.07) is 15.3. The second kappa shape index (κ2) is 7.94. The van der Waals surface area contributed by atoms with E-state index >= 15 is 0 Å². The molecular weight excluding hydrogens is 336 g/mol. The Kier molecular flexibility index (Phi) is 5.45. The second-order valence-corrected chi connectivity index (χ2v) is 6.49. The summed E-state index contributed by atoms with van der Waals surface area (Å²) in [6.45, 7) is 2.54. The maximum absolute atomic E-state index is 12.3. The van der Waals surface area contributed by atoms with Crippen molar-refractivity contribution in [3.8, 4) is 5.75 Å². The monoisotopic (exact) mass is 354 g/mol. The summed E-state index contributed by atoms with van der Waals surface area (Å²) < 4.78 is 6.84. The molecule has 0 N–H and O–H groups in total. The van der Waals surface area contributed by atoms with Gasteiger partial charge in [0.25, 0.3) is 0 Å². The normalized spacial score (nSPS) is 10.6. The third-order valence-electron chi connectivity index (χ3n) is 3.70. The first kappa shape index (κ1) is 17.2. The molecule has 0 fully saturated rings. The van der Waals surface area contributed by atoms with Crippen molar-refractivity contribution in [3.05, 3.63) is 65.2 Å². The maximum atomic E-state index is 12.3. The molecule has 6 nitrogen and oxygen atoms in total. The van der Waals surface area contributed by atoms with Gasteiger partial charge in [-0.3, -0.25) is 4.79 Å². The summed E-state index contributed by atoms with van der Waals surface area (Å²) in [6.07, 6.45) is 0. The lowest BCUT2D eigenvalue weighted by Gasteiger charge is -2.06. The van der Waals surface area contributed by atoms with E-state index in [0.717, 1.165) is 16.9 Å². The van der Waals surface area contributed by atoms with E-state index in [-0.39, 0.29) is 5.78 Å². The van der Waals surface area contributed by atoms with E-state index in [9.17, 15) is 4.79 Å². The minimum Gasteiger partial charge on any atom is -0.497 e. The number of nitrogens with zero attached hydrogens (tertiary/aromatic N) is 4. The number of hydrogen-bond donors (Lipinski definition) is 0. The highest BCUT2D eigenvalue weighted by molar-refractivity contribution is 7.99. The minimum atomic E-state index is 0.0593. The van der Waals surface area contributed by atoms with E-state index in [4.69, 9.17) is 4.74 Å². The summed E-state index contributed by atoms with van der Waals surface area (Å²) in [5.41, 5.74) is 2.89. The maximum Gasteiger partial charge on any atom is 0.210 e. The Hall–Kier alpha value is -2.67. The number of thioether (sulfide) groups is 1. The van der Waals surface area contributed by atoms with Crippen LogP contribution < -0.4 is 4.74 Å². The molecule has 0 radical (unpaired) electrons. The van der Waals surface area contributed by atoms with Gasteiger partial charge in [0, 0.05) is 5.56 Å². The van der Waals surface area contributed by atoms with Crippen LogP contribution in [0, 0.1) is 6.92 Å². The number of carbonyl (C=O) groups excluding carboxylic acids is 1. The summed E-state index contributed by atoms with van der Waals surface area (Å²) in [5.74, 6) is 1.16. The van der Waals surface area contributed by atoms with E-state index in [1.165, 1.54) is 11.8 Å². The summed E-state index contributed by atoms with van der Waals surface area (Å²) in [5, 5.41) is 12.4. The van der Waals surface area contributed by atoms with Gasteiger partial charge in [0.2, 0.25) is 5.16 Å². The van der Waals surface area contributed by atoms with E-state index in [1.807, 2.05) is 55.5 Å². The Balaban J connectivity index is 1.63. The molecule has 0 aliphatic rings. The van der Waals surface area contributed by atoms with Crippen molar-refractivity contribution < 1.29 is 9.53 Å². The minimum absolute atomic E-state index is 0.0593. The molecule has 0 saturated carbocycles. The van der Waals surface area contributed by atoms with Crippen LogP contribution in [0.5, 0.6) is 5.75 Å². The van der Waals surface area contributed by atoms with Crippen molar-refractivity contribution in [2.75, 3.05) is 12.9 Å². The predicted molar refractivity (Wildman–Crippen MR) is 96.1 cm³/mol. The summed E-state index contributed by atoms with van der Waals surface area (Å²) >= 11 is 1.34. The molecule has 3 rings (SSSR count).